The maximum Gasteiger partial charge on any atom is 0.231 e. The Kier molecular flexibility index (Phi) is 5.76. The van der Waals surface area contributed by atoms with Crippen LogP contribution in [0.1, 0.15) is 17.5 Å². The van der Waals surface area contributed by atoms with E-state index in [1.54, 1.807) is 19.2 Å². The maximum atomic E-state index is 11.1. The molecule has 0 saturated carbocycles. The van der Waals surface area contributed by atoms with Crippen molar-refractivity contribution < 1.29 is 14.6 Å². The lowest BCUT2D eigenvalue weighted by atomic mass is 10.0. The molecule has 156 valence electrons. The first-order valence-corrected chi connectivity index (χ1v) is 10.0. The number of nitrogens with two attached hydrogens (primary N) is 1. The smallest absolute Gasteiger partial charge is 0.231 e. The normalized spacial score (nSPS) is 14.7. The number of pyridine rings is 1. The van der Waals surface area contributed by atoms with Gasteiger partial charge in [0.2, 0.25) is 5.91 Å². The van der Waals surface area contributed by atoms with Gasteiger partial charge in [0, 0.05) is 31.0 Å². The minimum absolute atomic E-state index is 0.142. The predicted octanol–water partition coefficient (Wildman–Crippen LogP) is 2.73. The average molecular weight is 427 g/mol. The van der Waals surface area contributed by atoms with Crippen molar-refractivity contribution in [3.8, 4) is 17.0 Å². The number of benzene rings is 1. The Morgan fingerprint density at radius 2 is 2.20 bits per heavy atom. The summed E-state index contributed by atoms with van der Waals surface area (Å²) in [5.74, 6) is 0.212. The standard InChI is InChI=1S/C22H23ClN4O3/c1-30-20-8-16(13-28)17(10-18(20)23)19-11-27-7-4-15(9-22(27)25-19)14-2-5-26(6-3-14)12-21(24)29/h2,4,7-11,28H,3,5-6,12-13H2,1H3,(H2,24,29). The van der Waals surface area contributed by atoms with Gasteiger partial charge in [-0.05, 0) is 47.4 Å². The van der Waals surface area contributed by atoms with E-state index in [1.807, 2.05) is 27.8 Å². The van der Waals surface area contributed by atoms with Gasteiger partial charge in [0.15, 0.2) is 0 Å². The number of carbonyl (C=O) groups excluding carboxylic acids is 1. The summed E-state index contributed by atoms with van der Waals surface area (Å²) in [5, 5.41) is 10.3. The number of imidazole rings is 1. The Bertz CT molecular complexity index is 1140. The van der Waals surface area contributed by atoms with E-state index in [1.165, 1.54) is 5.57 Å². The molecule has 0 radical (unpaired) electrons. The van der Waals surface area contributed by atoms with Gasteiger partial charge in [0.25, 0.3) is 0 Å². The van der Waals surface area contributed by atoms with Crippen LogP contribution in [0.25, 0.3) is 22.5 Å². The van der Waals surface area contributed by atoms with Crippen molar-refractivity contribution in [3.63, 3.8) is 0 Å². The number of methoxy groups -OCH3 is 1. The van der Waals surface area contributed by atoms with E-state index >= 15 is 0 Å². The third-order valence-electron chi connectivity index (χ3n) is 5.33. The molecule has 3 heterocycles. The van der Waals surface area contributed by atoms with E-state index in [2.05, 4.69) is 12.1 Å². The zero-order valence-corrected chi connectivity index (χ0v) is 17.4. The Balaban J connectivity index is 1.65. The monoisotopic (exact) mass is 426 g/mol. The molecule has 2 aromatic heterocycles. The van der Waals surface area contributed by atoms with Crippen LogP contribution in [0.15, 0.2) is 42.7 Å². The van der Waals surface area contributed by atoms with Crippen LogP contribution in [-0.4, -0.2) is 52.0 Å². The molecular formula is C22H23ClN4O3. The van der Waals surface area contributed by atoms with Crippen LogP contribution >= 0.6 is 11.6 Å². The third kappa shape index (κ3) is 4.05. The first-order valence-electron chi connectivity index (χ1n) is 9.65. The van der Waals surface area contributed by atoms with Gasteiger partial charge in [0.1, 0.15) is 11.4 Å². The Morgan fingerprint density at radius 1 is 1.37 bits per heavy atom. The number of hydrogen-bond acceptors (Lipinski definition) is 5. The Morgan fingerprint density at radius 3 is 2.87 bits per heavy atom. The molecule has 30 heavy (non-hydrogen) atoms. The van der Waals surface area contributed by atoms with Gasteiger partial charge >= 0.3 is 0 Å². The van der Waals surface area contributed by atoms with Crippen LogP contribution in [0.2, 0.25) is 5.02 Å². The molecule has 0 atom stereocenters. The third-order valence-corrected chi connectivity index (χ3v) is 5.62. The first-order chi connectivity index (χ1) is 14.5. The van der Waals surface area contributed by atoms with Crippen molar-refractivity contribution in [2.75, 3.05) is 26.7 Å². The lowest BCUT2D eigenvalue weighted by molar-refractivity contribution is -0.119. The van der Waals surface area contributed by atoms with Crippen molar-refractivity contribution in [2.45, 2.75) is 13.0 Å². The largest absolute Gasteiger partial charge is 0.495 e. The summed E-state index contributed by atoms with van der Waals surface area (Å²) in [6.07, 6.45) is 6.87. The lowest BCUT2D eigenvalue weighted by Crippen LogP contribution is -2.36. The number of fused-ring (bicyclic) bond motifs is 1. The van der Waals surface area contributed by atoms with Gasteiger partial charge in [-0.1, -0.05) is 17.7 Å². The fraction of sp³-hybridized carbons (Fsp3) is 0.273. The van der Waals surface area contributed by atoms with Crippen molar-refractivity contribution in [1.82, 2.24) is 14.3 Å². The molecular weight excluding hydrogens is 404 g/mol. The van der Waals surface area contributed by atoms with Crippen LogP contribution in [0.5, 0.6) is 5.75 Å². The van der Waals surface area contributed by atoms with Crippen LogP contribution in [0, 0.1) is 0 Å². The second-order valence-corrected chi connectivity index (χ2v) is 7.70. The van der Waals surface area contributed by atoms with E-state index in [9.17, 15) is 9.90 Å². The minimum atomic E-state index is -0.306. The molecule has 3 N–H and O–H groups in total. The van der Waals surface area contributed by atoms with Gasteiger partial charge < -0.3 is 20.0 Å². The lowest BCUT2D eigenvalue weighted by Gasteiger charge is -2.25. The van der Waals surface area contributed by atoms with Gasteiger partial charge in [-0.3, -0.25) is 9.69 Å². The predicted molar refractivity (Wildman–Crippen MR) is 116 cm³/mol. The zero-order valence-electron chi connectivity index (χ0n) is 16.6. The molecule has 7 nitrogen and oxygen atoms in total. The zero-order chi connectivity index (χ0) is 21.3. The van der Waals surface area contributed by atoms with Gasteiger partial charge in [-0.2, -0.15) is 0 Å². The number of amides is 1. The van der Waals surface area contributed by atoms with E-state index < -0.39 is 0 Å². The molecule has 0 bridgehead atoms. The summed E-state index contributed by atoms with van der Waals surface area (Å²) >= 11 is 6.30. The Labute approximate surface area is 179 Å². The summed E-state index contributed by atoms with van der Waals surface area (Å²) < 4.78 is 7.19. The highest BCUT2D eigenvalue weighted by atomic mass is 35.5. The molecule has 1 aliphatic heterocycles. The highest BCUT2D eigenvalue weighted by Crippen LogP contribution is 2.34. The average Bonchev–Trinajstić information content (AvgIpc) is 3.17. The van der Waals surface area contributed by atoms with E-state index in [0.29, 0.717) is 22.9 Å². The number of halogens is 1. The van der Waals surface area contributed by atoms with Crippen LogP contribution < -0.4 is 10.5 Å². The molecule has 0 saturated heterocycles. The number of aliphatic hydroxyl groups excluding tert-OH is 1. The van der Waals surface area contributed by atoms with E-state index in [4.69, 9.17) is 27.1 Å². The molecule has 3 aromatic rings. The quantitative estimate of drug-likeness (QED) is 0.632. The van der Waals surface area contributed by atoms with Crippen LogP contribution in [0.3, 0.4) is 0 Å². The fourth-order valence-corrected chi connectivity index (χ4v) is 4.01. The molecule has 0 spiro atoms. The van der Waals surface area contributed by atoms with Gasteiger partial charge in [-0.25, -0.2) is 4.98 Å². The highest BCUT2D eigenvalue weighted by Gasteiger charge is 2.16. The molecule has 0 unspecified atom stereocenters. The Hall–Kier alpha value is -2.87. The molecule has 0 fully saturated rings. The number of rotatable bonds is 6. The minimum Gasteiger partial charge on any atom is -0.495 e. The van der Waals surface area contributed by atoms with Crippen molar-refractivity contribution in [1.29, 1.82) is 0 Å². The first kappa shape index (κ1) is 20.4. The number of hydrogen-bond donors (Lipinski definition) is 2. The topological polar surface area (TPSA) is 93.1 Å². The molecule has 1 amide bonds. The summed E-state index contributed by atoms with van der Waals surface area (Å²) in [4.78, 5) is 17.9. The summed E-state index contributed by atoms with van der Waals surface area (Å²) in [5.41, 5.74) is 10.6. The van der Waals surface area contributed by atoms with Crippen molar-refractivity contribution in [2.24, 2.45) is 5.73 Å². The number of ether oxygens (including phenoxy) is 1. The summed E-state index contributed by atoms with van der Waals surface area (Å²) in [7, 11) is 1.54. The maximum absolute atomic E-state index is 11.1. The van der Waals surface area contributed by atoms with Crippen LogP contribution in [-0.2, 0) is 11.4 Å². The van der Waals surface area contributed by atoms with Crippen molar-refractivity contribution >= 4 is 28.7 Å². The van der Waals surface area contributed by atoms with Crippen LogP contribution in [0.4, 0.5) is 0 Å². The fourth-order valence-electron chi connectivity index (χ4n) is 3.77. The van der Waals surface area contributed by atoms with Crippen molar-refractivity contribution in [3.05, 3.63) is 58.9 Å². The van der Waals surface area contributed by atoms with Gasteiger partial charge in [-0.15, -0.1) is 0 Å². The number of aliphatic hydroxyl groups is 1. The second kappa shape index (κ2) is 8.47. The number of primary amides is 1. The summed E-state index contributed by atoms with van der Waals surface area (Å²) in [6, 6.07) is 7.61. The SMILES string of the molecule is COc1cc(CO)c(-c2cn3ccc(C4=CCN(CC(N)=O)CC4)cc3n2)cc1Cl. The number of carbonyl (C=O) groups is 1. The molecule has 8 heteroatoms. The van der Waals surface area contributed by atoms with Gasteiger partial charge in [0.05, 0.1) is 31.0 Å². The van der Waals surface area contributed by atoms with E-state index in [0.717, 1.165) is 35.4 Å². The van der Waals surface area contributed by atoms with E-state index in [-0.39, 0.29) is 19.1 Å². The highest BCUT2D eigenvalue weighted by molar-refractivity contribution is 6.32. The second-order valence-electron chi connectivity index (χ2n) is 7.29. The number of nitrogens with zero attached hydrogens (tertiary/aromatic N) is 3. The summed E-state index contributed by atoms with van der Waals surface area (Å²) in [6.45, 7) is 1.64. The number of aromatic nitrogens is 2. The molecule has 4 rings (SSSR count). The molecule has 1 aromatic carbocycles. The molecule has 0 aliphatic carbocycles. The molecule has 1 aliphatic rings.